The predicted molar refractivity (Wildman–Crippen MR) is 81.7 cm³/mol. The van der Waals surface area contributed by atoms with Gasteiger partial charge in [0.2, 0.25) is 5.91 Å². The third-order valence-electron chi connectivity index (χ3n) is 3.94. The van der Waals surface area contributed by atoms with Crippen molar-refractivity contribution in [2.45, 2.75) is 25.3 Å². The van der Waals surface area contributed by atoms with Crippen LogP contribution in [0, 0.1) is 0 Å². The zero-order valence-corrected chi connectivity index (χ0v) is 11.6. The van der Waals surface area contributed by atoms with Gasteiger partial charge in [-0.2, -0.15) is 0 Å². The van der Waals surface area contributed by atoms with E-state index in [-0.39, 0.29) is 5.91 Å². The van der Waals surface area contributed by atoms with Crippen molar-refractivity contribution in [2.24, 2.45) is 0 Å². The maximum Gasteiger partial charge on any atom is 0.224 e. The molecule has 1 heterocycles. The van der Waals surface area contributed by atoms with E-state index < -0.39 is 0 Å². The zero-order valence-electron chi connectivity index (χ0n) is 11.6. The standard InChI is InChI=1S/C17H20N2O/c20-17(19-12-15-8-4-10-18-15)11-14-7-3-6-13-5-1-2-9-16(13)14/h1-3,5-7,9,15,18H,4,8,10-12H2,(H,19,20). The van der Waals surface area contributed by atoms with Gasteiger partial charge in [0.05, 0.1) is 6.42 Å². The smallest absolute Gasteiger partial charge is 0.224 e. The van der Waals surface area contributed by atoms with Crippen LogP contribution in [0.1, 0.15) is 18.4 Å². The van der Waals surface area contributed by atoms with Crippen molar-refractivity contribution in [2.75, 3.05) is 13.1 Å². The molecule has 0 saturated carbocycles. The molecule has 0 radical (unpaired) electrons. The molecule has 0 bridgehead atoms. The first-order chi connectivity index (χ1) is 9.83. The van der Waals surface area contributed by atoms with E-state index in [1.165, 1.54) is 17.2 Å². The molecule has 0 spiro atoms. The van der Waals surface area contributed by atoms with Gasteiger partial charge in [0.25, 0.3) is 0 Å². The third kappa shape index (κ3) is 2.99. The summed E-state index contributed by atoms with van der Waals surface area (Å²) in [5.41, 5.74) is 1.10. The summed E-state index contributed by atoms with van der Waals surface area (Å²) in [6, 6.07) is 14.8. The first-order valence-electron chi connectivity index (χ1n) is 7.29. The largest absolute Gasteiger partial charge is 0.354 e. The van der Waals surface area contributed by atoms with Crippen LogP contribution in [0.2, 0.25) is 0 Å². The second-order valence-electron chi connectivity index (χ2n) is 5.41. The van der Waals surface area contributed by atoms with Crippen LogP contribution in [0.15, 0.2) is 42.5 Å². The van der Waals surface area contributed by atoms with Gasteiger partial charge in [-0.1, -0.05) is 42.5 Å². The van der Waals surface area contributed by atoms with E-state index in [1.54, 1.807) is 0 Å². The summed E-state index contributed by atoms with van der Waals surface area (Å²) in [5, 5.41) is 8.79. The van der Waals surface area contributed by atoms with Crippen molar-refractivity contribution < 1.29 is 4.79 Å². The van der Waals surface area contributed by atoms with E-state index in [1.807, 2.05) is 24.3 Å². The Morgan fingerprint density at radius 1 is 1.20 bits per heavy atom. The number of rotatable bonds is 4. The van der Waals surface area contributed by atoms with Crippen molar-refractivity contribution in [3.05, 3.63) is 48.0 Å². The molecule has 1 fully saturated rings. The Labute approximate surface area is 119 Å². The molecule has 1 amide bonds. The van der Waals surface area contributed by atoms with Gasteiger partial charge in [0.15, 0.2) is 0 Å². The molecule has 0 aromatic heterocycles. The van der Waals surface area contributed by atoms with Gasteiger partial charge in [-0.05, 0) is 35.7 Å². The Hall–Kier alpha value is -1.87. The van der Waals surface area contributed by atoms with Crippen molar-refractivity contribution in [1.29, 1.82) is 0 Å². The highest BCUT2D eigenvalue weighted by molar-refractivity contribution is 5.90. The summed E-state index contributed by atoms with van der Waals surface area (Å²) >= 11 is 0. The average Bonchev–Trinajstić information content (AvgIpc) is 2.99. The summed E-state index contributed by atoms with van der Waals surface area (Å²) < 4.78 is 0. The van der Waals surface area contributed by atoms with Crippen LogP contribution in [-0.2, 0) is 11.2 Å². The maximum absolute atomic E-state index is 12.1. The van der Waals surface area contributed by atoms with Gasteiger partial charge in [-0.25, -0.2) is 0 Å². The van der Waals surface area contributed by atoms with Crippen LogP contribution < -0.4 is 10.6 Å². The number of amides is 1. The SMILES string of the molecule is O=C(Cc1cccc2ccccc12)NCC1CCCN1. The minimum absolute atomic E-state index is 0.107. The van der Waals surface area contributed by atoms with E-state index in [2.05, 4.69) is 28.8 Å². The van der Waals surface area contributed by atoms with Gasteiger partial charge in [-0.3, -0.25) is 4.79 Å². The number of hydrogen-bond donors (Lipinski definition) is 2. The molecular weight excluding hydrogens is 248 g/mol. The Kier molecular flexibility index (Phi) is 3.97. The molecule has 2 aromatic rings. The molecule has 104 valence electrons. The van der Waals surface area contributed by atoms with Crippen molar-refractivity contribution >= 4 is 16.7 Å². The Morgan fingerprint density at radius 2 is 2.05 bits per heavy atom. The minimum Gasteiger partial charge on any atom is -0.354 e. The highest BCUT2D eigenvalue weighted by atomic mass is 16.1. The predicted octanol–water partition coefficient (Wildman–Crippen LogP) is 2.25. The normalized spacial score (nSPS) is 18.3. The third-order valence-corrected chi connectivity index (χ3v) is 3.94. The van der Waals surface area contributed by atoms with Crippen molar-refractivity contribution in [3.8, 4) is 0 Å². The van der Waals surface area contributed by atoms with E-state index in [0.29, 0.717) is 12.5 Å². The summed E-state index contributed by atoms with van der Waals surface area (Å²) in [5.74, 6) is 0.107. The van der Waals surface area contributed by atoms with E-state index >= 15 is 0 Å². The molecule has 1 aliphatic heterocycles. The summed E-state index contributed by atoms with van der Waals surface area (Å²) in [7, 11) is 0. The average molecular weight is 268 g/mol. The number of benzene rings is 2. The van der Waals surface area contributed by atoms with Gasteiger partial charge in [0.1, 0.15) is 0 Å². The zero-order chi connectivity index (χ0) is 13.8. The fourth-order valence-electron chi connectivity index (χ4n) is 2.85. The van der Waals surface area contributed by atoms with Crippen LogP contribution in [0.3, 0.4) is 0 Å². The molecule has 20 heavy (non-hydrogen) atoms. The Balaban J connectivity index is 1.65. The van der Waals surface area contributed by atoms with Crippen LogP contribution >= 0.6 is 0 Å². The lowest BCUT2D eigenvalue weighted by Crippen LogP contribution is -2.37. The lowest BCUT2D eigenvalue weighted by Gasteiger charge is -2.12. The minimum atomic E-state index is 0.107. The first-order valence-corrected chi connectivity index (χ1v) is 7.29. The second-order valence-corrected chi connectivity index (χ2v) is 5.41. The molecule has 1 unspecified atom stereocenters. The quantitative estimate of drug-likeness (QED) is 0.893. The molecule has 1 aliphatic rings. The molecule has 3 nitrogen and oxygen atoms in total. The molecular formula is C17H20N2O. The Bertz CT molecular complexity index is 597. The summed E-state index contributed by atoms with van der Waals surface area (Å²) in [4.78, 5) is 12.1. The van der Waals surface area contributed by atoms with Gasteiger partial charge < -0.3 is 10.6 Å². The highest BCUT2D eigenvalue weighted by Crippen LogP contribution is 2.18. The molecule has 0 aliphatic carbocycles. The van der Waals surface area contributed by atoms with Crippen molar-refractivity contribution in [1.82, 2.24) is 10.6 Å². The fourth-order valence-corrected chi connectivity index (χ4v) is 2.85. The van der Waals surface area contributed by atoms with Crippen LogP contribution in [0.25, 0.3) is 10.8 Å². The topological polar surface area (TPSA) is 41.1 Å². The lowest BCUT2D eigenvalue weighted by atomic mass is 10.0. The van der Waals surface area contributed by atoms with Crippen LogP contribution in [0.5, 0.6) is 0 Å². The van der Waals surface area contributed by atoms with E-state index in [4.69, 9.17) is 0 Å². The molecule has 1 saturated heterocycles. The number of nitrogens with one attached hydrogen (secondary N) is 2. The van der Waals surface area contributed by atoms with Gasteiger partial charge in [0, 0.05) is 12.6 Å². The van der Waals surface area contributed by atoms with Crippen LogP contribution in [-0.4, -0.2) is 25.0 Å². The molecule has 2 aromatic carbocycles. The summed E-state index contributed by atoms with van der Waals surface area (Å²) in [6.45, 7) is 1.81. The first kappa shape index (κ1) is 13.1. The van der Waals surface area contributed by atoms with Gasteiger partial charge in [-0.15, -0.1) is 0 Å². The van der Waals surface area contributed by atoms with Gasteiger partial charge >= 0.3 is 0 Å². The molecule has 3 rings (SSSR count). The van der Waals surface area contributed by atoms with E-state index in [9.17, 15) is 4.79 Å². The highest BCUT2D eigenvalue weighted by Gasteiger charge is 2.15. The lowest BCUT2D eigenvalue weighted by molar-refractivity contribution is -0.120. The molecule has 3 heteroatoms. The monoisotopic (exact) mass is 268 g/mol. The maximum atomic E-state index is 12.1. The van der Waals surface area contributed by atoms with Crippen molar-refractivity contribution in [3.63, 3.8) is 0 Å². The van der Waals surface area contributed by atoms with E-state index in [0.717, 1.165) is 25.1 Å². The van der Waals surface area contributed by atoms with Crippen LogP contribution in [0.4, 0.5) is 0 Å². The molecule has 1 atom stereocenters. The number of carbonyl (C=O) groups is 1. The second kappa shape index (κ2) is 6.06. The number of hydrogen-bond acceptors (Lipinski definition) is 2. The summed E-state index contributed by atoms with van der Waals surface area (Å²) in [6.07, 6.45) is 2.83. The molecule has 2 N–H and O–H groups in total. The fraction of sp³-hybridized carbons (Fsp3) is 0.353. The number of carbonyl (C=O) groups excluding carboxylic acids is 1. The number of fused-ring (bicyclic) bond motifs is 1. The Morgan fingerprint density at radius 3 is 2.90 bits per heavy atom.